The highest BCUT2D eigenvalue weighted by molar-refractivity contribution is 6.10. The van der Waals surface area contributed by atoms with Crippen LogP contribution in [0, 0.1) is 12.8 Å². The quantitative estimate of drug-likeness (QED) is 0.483. The van der Waals surface area contributed by atoms with Crippen molar-refractivity contribution in [1.82, 2.24) is 15.0 Å². The van der Waals surface area contributed by atoms with Crippen molar-refractivity contribution < 1.29 is 28.6 Å². The molecular weight excluding hydrogens is 478 g/mol. The molecule has 0 bridgehead atoms. The van der Waals surface area contributed by atoms with Gasteiger partial charge in [-0.2, -0.15) is 9.97 Å². The lowest BCUT2D eigenvalue weighted by molar-refractivity contribution is -0.138. The minimum atomic E-state index is -0.725. The Morgan fingerprint density at radius 3 is 2.62 bits per heavy atom. The number of fused-ring (bicyclic) bond motifs is 1. The van der Waals surface area contributed by atoms with Gasteiger partial charge in [-0.1, -0.05) is 12.1 Å². The maximum absolute atomic E-state index is 13.4. The van der Waals surface area contributed by atoms with Crippen molar-refractivity contribution in [3.05, 3.63) is 53.2 Å². The molecule has 1 fully saturated rings. The Kier molecular flexibility index (Phi) is 6.93. The van der Waals surface area contributed by atoms with Gasteiger partial charge in [0.1, 0.15) is 18.0 Å². The lowest BCUT2D eigenvalue weighted by Crippen LogP contribution is -2.32. The number of amides is 1. The largest absolute Gasteiger partial charge is 0.481 e. The second kappa shape index (κ2) is 10.5. The Labute approximate surface area is 213 Å². The molecule has 1 aliphatic carbocycles. The number of nitrogen functional groups attached to an aromatic ring is 1. The topological polar surface area (TPSA) is 154 Å². The fraction of sp³-hybridized carbons (Fsp3) is 0.423. The summed E-state index contributed by atoms with van der Waals surface area (Å²) in [6, 6.07) is 7.92. The molecule has 0 radical (unpaired) electrons. The molecular formula is C26H29N5O6. The van der Waals surface area contributed by atoms with E-state index in [-0.39, 0.29) is 54.7 Å². The minimum absolute atomic E-state index is 0.0178. The number of nitrogens with zero attached hydrogens (tertiary/aromatic N) is 4. The number of carboxylic acid groups (broad SMARTS) is 1. The van der Waals surface area contributed by atoms with Crippen molar-refractivity contribution in [2.24, 2.45) is 5.92 Å². The number of aliphatic carboxylic acids is 1. The van der Waals surface area contributed by atoms with Crippen LogP contribution in [0.3, 0.4) is 0 Å². The fourth-order valence-corrected chi connectivity index (χ4v) is 4.99. The fourth-order valence-electron chi connectivity index (χ4n) is 4.99. The van der Waals surface area contributed by atoms with E-state index in [9.17, 15) is 9.59 Å². The molecule has 11 heteroatoms. The Balaban J connectivity index is 1.28. The summed E-state index contributed by atoms with van der Waals surface area (Å²) < 4.78 is 16.6. The third-order valence-electron chi connectivity index (χ3n) is 7.06. The molecule has 0 unspecified atom stereocenters. The number of rotatable bonds is 7. The van der Waals surface area contributed by atoms with E-state index in [0.29, 0.717) is 23.9 Å². The third-order valence-corrected chi connectivity index (χ3v) is 7.06. The van der Waals surface area contributed by atoms with Gasteiger partial charge < -0.3 is 29.6 Å². The molecule has 5 rings (SSSR count). The SMILES string of the molecule is Cc1ncoc1COc1nc(N)c2c(n1)OCCN(c1ccc(C3CCC(CC(=O)O)CC3)cc1)C2=O. The summed E-state index contributed by atoms with van der Waals surface area (Å²) in [6.45, 7) is 2.41. The van der Waals surface area contributed by atoms with Crippen LogP contribution in [0.2, 0.25) is 0 Å². The summed E-state index contributed by atoms with van der Waals surface area (Å²) in [7, 11) is 0. The van der Waals surface area contributed by atoms with Gasteiger partial charge in [0.05, 0.1) is 12.2 Å². The van der Waals surface area contributed by atoms with Crippen LogP contribution in [0.4, 0.5) is 11.5 Å². The van der Waals surface area contributed by atoms with Gasteiger partial charge in [-0.15, -0.1) is 0 Å². The summed E-state index contributed by atoms with van der Waals surface area (Å²) in [4.78, 5) is 38.5. The number of hydrogen-bond donors (Lipinski definition) is 2. The second-order valence-electron chi connectivity index (χ2n) is 9.43. The predicted molar refractivity (Wildman–Crippen MR) is 133 cm³/mol. The van der Waals surface area contributed by atoms with Crippen LogP contribution >= 0.6 is 0 Å². The zero-order valence-electron chi connectivity index (χ0n) is 20.6. The van der Waals surface area contributed by atoms with Crippen LogP contribution in [0.5, 0.6) is 11.9 Å². The third kappa shape index (κ3) is 5.35. The number of nitrogens with two attached hydrogens (primary N) is 1. The lowest BCUT2D eigenvalue weighted by atomic mass is 9.77. The van der Waals surface area contributed by atoms with Crippen molar-refractivity contribution in [1.29, 1.82) is 0 Å². The summed E-state index contributed by atoms with van der Waals surface area (Å²) in [5.41, 5.74) is 8.87. The number of anilines is 2. The Morgan fingerprint density at radius 2 is 1.95 bits per heavy atom. The average Bonchev–Trinajstić information content (AvgIpc) is 3.21. The molecule has 3 aromatic rings. The normalized spacial score (nSPS) is 19.6. The van der Waals surface area contributed by atoms with Crippen LogP contribution in [-0.2, 0) is 11.4 Å². The number of hydrogen-bond acceptors (Lipinski definition) is 9. The van der Waals surface area contributed by atoms with Gasteiger partial charge in [0.25, 0.3) is 5.91 Å². The molecule has 1 aromatic carbocycles. The highest BCUT2D eigenvalue weighted by Crippen LogP contribution is 2.38. The summed E-state index contributed by atoms with van der Waals surface area (Å²) in [5.74, 6) is 0.178. The van der Waals surface area contributed by atoms with Crippen molar-refractivity contribution in [3.8, 4) is 11.9 Å². The van der Waals surface area contributed by atoms with Crippen LogP contribution in [0.1, 0.15) is 65.4 Å². The van der Waals surface area contributed by atoms with E-state index in [1.807, 2.05) is 24.3 Å². The summed E-state index contributed by atoms with van der Waals surface area (Å²) in [5, 5.41) is 9.04. The molecule has 37 heavy (non-hydrogen) atoms. The first kappa shape index (κ1) is 24.5. The highest BCUT2D eigenvalue weighted by Gasteiger charge is 2.30. The number of oxazole rings is 1. The Morgan fingerprint density at radius 1 is 1.19 bits per heavy atom. The van der Waals surface area contributed by atoms with Gasteiger partial charge in [0.15, 0.2) is 18.8 Å². The maximum atomic E-state index is 13.4. The van der Waals surface area contributed by atoms with Gasteiger partial charge in [-0.25, -0.2) is 4.98 Å². The number of carbonyl (C=O) groups excluding carboxylic acids is 1. The van der Waals surface area contributed by atoms with E-state index < -0.39 is 5.97 Å². The van der Waals surface area contributed by atoms with Crippen molar-refractivity contribution in [2.45, 2.75) is 51.6 Å². The van der Waals surface area contributed by atoms with Crippen LogP contribution in [0.25, 0.3) is 0 Å². The molecule has 2 aromatic heterocycles. The first-order valence-electron chi connectivity index (χ1n) is 12.3. The lowest BCUT2D eigenvalue weighted by Gasteiger charge is -2.28. The first-order chi connectivity index (χ1) is 17.9. The van der Waals surface area contributed by atoms with Crippen molar-refractivity contribution >= 4 is 23.4 Å². The van der Waals surface area contributed by atoms with Crippen LogP contribution in [-0.4, -0.2) is 45.1 Å². The summed E-state index contributed by atoms with van der Waals surface area (Å²) >= 11 is 0. The number of carboxylic acids is 1. The molecule has 3 heterocycles. The highest BCUT2D eigenvalue weighted by atomic mass is 16.5. The smallest absolute Gasteiger partial charge is 0.322 e. The number of aromatic nitrogens is 3. The van der Waals surface area contributed by atoms with Gasteiger partial charge in [0.2, 0.25) is 5.88 Å². The van der Waals surface area contributed by atoms with E-state index in [4.69, 9.17) is 24.7 Å². The zero-order chi connectivity index (χ0) is 25.9. The summed E-state index contributed by atoms with van der Waals surface area (Å²) in [6.07, 6.45) is 5.34. The molecule has 0 spiro atoms. The van der Waals surface area contributed by atoms with E-state index in [0.717, 1.165) is 31.4 Å². The molecule has 1 saturated carbocycles. The zero-order valence-corrected chi connectivity index (χ0v) is 20.6. The van der Waals surface area contributed by atoms with Gasteiger partial charge in [0, 0.05) is 12.1 Å². The molecule has 0 atom stereocenters. The molecule has 0 saturated heterocycles. The van der Waals surface area contributed by atoms with Crippen molar-refractivity contribution in [3.63, 3.8) is 0 Å². The van der Waals surface area contributed by atoms with E-state index in [1.54, 1.807) is 11.8 Å². The standard InChI is InChI=1S/C26H29N5O6/c1-15-20(37-14-28-15)13-36-26-29-23(27)22-24(30-26)35-11-10-31(25(22)34)19-8-6-18(7-9-19)17-4-2-16(3-5-17)12-21(32)33/h6-9,14,16-17H,2-5,10-13H2,1H3,(H,32,33)(H2,27,29,30). The molecule has 2 aliphatic rings. The Hall–Kier alpha value is -4.15. The van der Waals surface area contributed by atoms with Crippen molar-refractivity contribution in [2.75, 3.05) is 23.8 Å². The van der Waals surface area contributed by atoms with E-state index in [1.165, 1.54) is 12.0 Å². The number of benzene rings is 1. The number of ether oxygens (including phenoxy) is 2. The molecule has 1 amide bonds. The predicted octanol–water partition coefficient (Wildman–Crippen LogP) is 3.72. The van der Waals surface area contributed by atoms with Gasteiger partial charge in [-0.3, -0.25) is 9.59 Å². The van der Waals surface area contributed by atoms with Gasteiger partial charge in [-0.05, 0) is 62.1 Å². The molecule has 1 aliphatic heterocycles. The second-order valence-corrected chi connectivity index (χ2v) is 9.43. The monoisotopic (exact) mass is 507 g/mol. The Bertz CT molecular complexity index is 1280. The molecule has 11 nitrogen and oxygen atoms in total. The van der Waals surface area contributed by atoms with Gasteiger partial charge >= 0.3 is 12.0 Å². The van der Waals surface area contributed by atoms with E-state index in [2.05, 4.69) is 15.0 Å². The minimum Gasteiger partial charge on any atom is -0.481 e. The first-order valence-corrected chi connectivity index (χ1v) is 12.3. The van der Waals surface area contributed by atoms with E-state index >= 15 is 0 Å². The molecule has 194 valence electrons. The number of carbonyl (C=O) groups is 2. The molecule has 3 N–H and O–H groups in total. The van der Waals surface area contributed by atoms with Crippen LogP contribution < -0.4 is 20.1 Å². The number of aryl methyl sites for hydroxylation is 1. The average molecular weight is 508 g/mol. The van der Waals surface area contributed by atoms with Crippen LogP contribution in [0.15, 0.2) is 35.1 Å². The maximum Gasteiger partial charge on any atom is 0.322 e.